The Hall–Kier alpha value is -4.49. The molecular weight excluding hydrogens is 571 g/mol. The number of esters is 1. The Kier molecular flexibility index (Phi) is 6.63. The number of cyclic esters (lactones) is 1. The van der Waals surface area contributed by atoms with Crippen LogP contribution in [0.1, 0.15) is 77.7 Å². The van der Waals surface area contributed by atoms with E-state index in [1.165, 1.54) is 6.07 Å². The van der Waals surface area contributed by atoms with Gasteiger partial charge in [0.25, 0.3) is 5.56 Å². The van der Waals surface area contributed by atoms with Crippen molar-refractivity contribution in [2.24, 2.45) is 0 Å². The van der Waals surface area contributed by atoms with E-state index >= 15 is 4.39 Å². The number of nitrogens with one attached hydrogen (secondary N) is 1. The number of hydrogen-bond donors (Lipinski definition) is 3. The van der Waals surface area contributed by atoms with Crippen molar-refractivity contribution in [2.75, 3.05) is 0 Å². The van der Waals surface area contributed by atoms with Gasteiger partial charge in [-0.3, -0.25) is 14.3 Å². The molecule has 4 aromatic rings. The van der Waals surface area contributed by atoms with E-state index in [0.717, 1.165) is 22.1 Å². The summed E-state index contributed by atoms with van der Waals surface area (Å²) in [7, 11) is 0. The Labute approximate surface area is 250 Å². The number of rotatable bonds is 7. The number of carbonyl (C=O) groups excluding carboxylic acids is 2. The molecule has 0 saturated carbocycles. The van der Waals surface area contributed by atoms with Crippen LogP contribution in [0.3, 0.4) is 0 Å². The Morgan fingerprint density at radius 1 is 1.25 bits per heavy atom. The highest BCUT2D eigenvalue weighted by Gasteiger charge is 2.46. The Morgan fingerprint density at radius 3 is 2.82 bits per heavy atom. The van der Waals surface area contributed by atoms with Gasteiger partial charge in [0.05, 0.1) is 47.9 Å². The third-order valence-corrected chi connectivity index (χ3v) is 9.25. The summed E-state index contributed by atoms with van der Waals surface area (Å²) in [6.45, 7) is 3.57. The number of aromatic nitrogens is 5. The fourth-order valence-corrected chi connectivity index (χ4v) is 6.89. The summed E-state index contributed by atoms with van der Waals surface area (Å²) in [5.74, 6) is -1.35. The van der Waals surface area contributed by atoms with Crippen LogP contribution in [0.25, 0.3) is 22.3 Å². The fourth-order valence-electron chi connectivity index (χ4n) is 6.89. The average Bonchev–Trinajstić information content (AvgIpc) is 3.63. The minimum Gasteiger partial charge on any atom is -0.458 e. The van der Waals surface area contributed by atoms with Gasteiger partial charge in [0.1, 0.15) is 18.1 Å². The second-order valence-electron chi connectivity index (χ2n) is 11.7. The van der Waals surface area contributed by atoms with Gasteiger partial charge in [-0.15, -0.1) is 5.10 Å². The first kappa shape index (κ1) is 28.3. The van der Waals surface area contributed by atoms with Gasteiger partial charge in [-0.2, -0.15) is 0 Å². The van der Waals surface area contributed by atoms with Crippen LogP contribution in [0.5, 0.6) is 0 Å². The van der Waals surface area contributed by atoms with Gasteiger partial charge in [-0.25, -0.2) is 14.2 Å². The van der Waals surface area contributed by atoms with Crippen LogP contribution in [0.15, 0.2) is 23.1 Å². The van der Waals surface area contributed by atoms with Crippen LogP contribution in [0.2, 0.25) is 0 Å². The lowest BCUT2D eigenvalue weighted by Gasteiger charge is -2.31. The maximum absolute atomic E-state index is 15.1. The molecular formula is C31H31FN6O6. The van der Waals surface area contributed by atoms with E-state index in [9.17, 15) is 24.6 Å². The van der Waals surface area contributed by atoms with Crippen molar-refractivity contribution < 1.29 is 28.9 Å². The van der Waals surface area contributed by atoms with Crippen molar-refractivity contribution in [3.63, 3.8) is 0 Å². The Balaban J connectivity index is 1.29. The van der Waals surface area contributed by atoms with Gasteiger partial charge in [0, 0.05) is 35.5 Å². The number of aliphatic hydroxyl groups is 2. The normalized spacial score (nSPS) is 19.8. The van der Waals surface area contributed by atoms with Crippen molar-refractivity contribution >= 4 is 22.8 Å². The lowest BCUT2D eigenvalue weighted by atomic mass is 9.81. The molecule has 3 aromatic heterocycles. The summed E-state index contributed by atoms with van der Waals surface area (Å²) >= 11 is 0. The van der Waals surface area contributed by atoms with E-state index in [1.807, 2.05) is 0 Å². The Bertz CT molecular complexity index is 1950. The van der Waals surface area contributed by atoms with E-state index in [4.69, 9.17) is 9.72 Å². The minimum absolute atomic E-state index is 0.0203. The summed E-state index contributed by atoms with van der Waals surface area (Å²) in [4.78, 5) is 44.4. The highest BCUT2D eigenvalue weighted by atomic mass is 19.1. The SMILES string of the molecule is CC[C@@]1(O)C(=O)OCc2c1cc1n(c2=O)Cc2c-1nc1cc(F)c(C)c3c1c2[C@@H](NC(=O)CCCn1cc(CO)nn1)CC3. The maximum atomic E-state index is 15.1. The molecule has 3 aliphatic rings. The number of ether oxygens (including phenoxy) is 1. The van der Waals surface area contributed by atoms with E-state index in [1.54, 1.807) is 35.4 Å². The minimum atomic E-state index is -1.96. The second kappa shape index (κ2) is 10.3. The molecule has 44 heavy (non-hydrogen) atoms. The number of halogens is 1. The molecule has 0 saturated heterocycles. The van der Waals surface area contributed by atoms with Gasteiger partial charge in [-0.1, -0.05) is 12.1 Å². The number of benzene rings is 1. The zero-order chi connectivity index (χ0) is 30.9. The zero-order valence-corrected chi connectivity index (χ0v) is 24.3. The van der Waals surface area contributed by atoms with Crippen LogP contribution in [-0.4, -0.2) is 46.6 Å². The van der Waals surface area contributed by atoms with Gasteiger partial charge >= 0.3 is 5.97 Å². The molecule has 1 amide bonds. The lowest BCUT2D eigenvalue weighted by molar-refractivity contribution is -0.172. The predicted molar refractivity (Wildman–Crippen MR) is 154 cm³/mol. The molecule has 228 valence electrons. The first-order valence-corrected chi connectivity index (χ1v) is 14.8. The van der Waals surface area contributed by atoms with Crippen molar-refractivity contribution in [3.05, 3.63) is 73.6 Å². The molecule has 1 aliphatic carbocycles. The Morgan fingerprint density at radius 2 is 2.07 bits per heavy atom. The molecule has 13 heteroatoms. The molecule has 12 nitrogen and oxygen atoms in total. The molecule has 0 spiro atoms. The van der Waals surface area contributed by atoms with Gasteiger partial charge in [-0.05, 0) is 55.4 Å². The smallest absolute Gasteiger partial charge is 0.343 e. The molecule has 0 fully saturated rings. The quantitative estimate of drug-likeness (QED) is 0.237. The summed E-state index contributed by atoms with van der Waals surface area (Å²) in [5.41, 5.74) is 2.77. The summed E-state index contributed by atoms with van der Waals surface area (Å²) in [6, 6.07) is 2.62. The number of amides is 1. The molecule has 3 N–H and O–H groups in total. The van der Waals surface area contributed by atoms with Crippen LogP contribution in [0.4, 0.5) is 4.39 Å². The first-order valence-electron chi connectivity index (χ1n) is 14.8. The number of nitrogens with zero attached hydrogens (tertiary/aromatic N) is 5. The lowest BCUT2D eigenvalue weighted by Crippen LogP contribution is -2.44. The maximum Gasteiger partial charge on any atom is 0.343 e. The van der Waals surface area contributed by atoms with Crippen molar-refractivity contribution in [1.82, 2.24) is 29.9 Å². The third kappa shape index (κ3) is 4.17. The molecule has 5 heterocycles. The number of fused-ring (bicyclic) bond motifs is 5. The van der Waals surface area contributed by atoms with E-state index in [-0.39, 0.29) is 61.0 Å². The van der Waals surface area contributed by atoms with Gasteiger partial charge in [0.15, 0.2) is 5.60 Å². The van der Waals surface area contributed by atoms with Crippen LogP contribution in [0, 0.1) is 12.7 Å². The topological polar surface area (TPSA) is 161 Å². The molecule has 0 unspecified atom stereocenters. The predicted octanol–water partition coefficient (Wildman–Crippen LogP) is 2.19. The van der Waals surface area contributed by atoms with Crippen LogP contribution < -0.4 is 10.9 Å². The van der Waals surface area contributed by atoms with Crippen molar-refractivity contribution in [3.8, 4) is 11.4 Å². The summed E-state index contributed by atoms with van der Waals surface area (Å²) in [5, 5.41) is 32.2. The van der Waals surface area contributed by atoms with E-state index < -0.39 is 17.6 Å². The van der Waals surface area contributed by atoms with Gasteiger partial charge < -0.3 is 24.8 Å². The third-order valence-electron chi connectivity index (χ3n) is 9.25. The molecule has 7 rings (SSSR count). The molecule has 1 aromatic carbocycles. The average molecular weight is 603 g/mol. The van der Waals surface area contributed by atoms with Gasteiger partial charge in [0.2, 0.25) is 5.91 Å². The number of aryl methyl sites for hydroxylation is 2. The van der Waals surface area contributed by atoms with E-state index in [0.29, 0.717) is 54.0 Å². The molecule has 0 radical (unpaired) electrons. The monoisotopic (exact) mass is 602 g/mol. The number of carbonyl (C=O) groups is 2. The van der Waals surface area contributed by atoms with Crippen molar-refractivity contribution in [1.29, 1.82) is 0 Å². The fraction of sp³-hybridized carbons (Fsp3) is 0.419. The summed E-state index contributed by atoms with van der Waals surface area (Å²) in [6.07, 6.45) is 3.47. The number of pyridine rings is 2. The second-order valence-corrected chi connectivity index (χ2v) is 11.7. The molecule has 0 bridgehead atoms. The molecule has 2 aliphatic heterocycles. The first-order chi connectivity index (χ1) is 21.1. The highest BCUT2D eigenvalue weighted by Crippen LogP contribution is 2.46. The largest absolute Gasteiger partial charge is 0.458 e. The number of aliphatic hydroxyl groups excluding tert-OH is 1. The number of hydrogen-bond acceptors (Lipinski definition) is 9. The molecule has 2 atom stereocenters. The standard InChI is InChI=1S/C31H31FN6O6/c1-3-31(43)20-9-24-28-18(12-38(24)29(41)19(20)14-44-30(31)42)27-22(7-6-17-15(2)21(32)10-23(34-28)26(17)27)33-25(40)5-4-8-37-11-16(13-39)35-36-37/h9-11,22,39,43H,3-8,12-14H2,1-2H3,(H,33,40)/t22-,31-/m0/s1. The zero-order valence-electron chi connectivity index (χ0n) is 24.3. The highest BCUT2D eigenvalue weighted by molar-refractivity contribution is 5.94. The van der Waals surface area contributed by atoms with E-state index in [2.05, 4.69) is 15.6 Å². The van der Waals surface area contributed by atoms with Crippen LogP contribution in [-0.2, 0) is 52.7 Å². The van der Waals surface area contributed by atoms with Crippen LogP contribution >= 0.6 is 0 Å². The summed E-state index contributed by atoms with van der Waals surface area (Å²) < 4.78 is 23.4. The van der Waals surface area contributed by atoms with Crippen molar-refractivity contribution in [2.45, 2.75) is 83.9 Å².